The van der Waals surface area contributed by atoms with E-state index < -0.39 is 18.0 Å². The fourth-order valence-corrected chi connectivity index (χ4v) is 2.86. The Bertz CT molecular complexity index is 510. The molecule has 5 heteroatoms. The number of para-hydroxylation sites is 1. The first-order valence-electron chi connectivity index (χ1n) is 7.44. The van der Waals surface area contributed by atoms with Crippen LogP contribution in [0.5, 0.6) is 0 Å². The predicted octanol–water partition coefficient (Wildman–Crippen LogP) is 3.15. The highest BCUT2D eigenvalue weighted by Gasteiger charge is 2.30. The first-order chi connectivity index (χ1) is 10.1. The highest BCUT2D eigenvalue weighted by Crippen LogP contribution is 2.26. The number of benzene rings is 1. The number of hydrogen-bond donors (Lipinski definition) is 3. The molecule has 2 amide bonds. The van der Waals surface area contributed by atoms with Crippen molar-refractivity contribution in [3.8, 4) is 0 Å². The normalized spacial score (nSPS) is 17.0. The SMILES string of the molecule is Cc1ccccc1NC(=O)NC(C(=O)O)C1CCCCC1. The van der Waals surface area contributed by atoms with Gasteiger partial charge in [0.2, 0.25) is 0 Å². The molecule has 1 saturated carbocycles. The number of carbonyl (C=O) groups is 2. The van der Waals surface area contributed by atoms with Gasteiger partial charge in [-0.3, -0.25) is 0 Å². The lowest BCUT2D eigenvalue weighted by Crippen LogP contribution is -2.48. The quantitative estimate of drug-likeness (QED) is 0.797. The molecular formula is C16H22N2O3. The largest absolute Gasteiger partial charge is 0.480 e. The predicted molar refractivity (Wildman–Crippen MR) is 81.3 cm³/mol. The topological polar surface area (TPSA) is 78.4 Å². The average Bonchev–Trinajstić information content (AvgIpc) is 2.48. The smallest absolute Gasteiger partial charge is 0.326 e. The van der Waals surface area contributed by atoms with Gasteiger partial charge >= 0.3 is 12.0 Å². The van der Waals surface area contributed by atoms with Crippen LogP contribution in [0.2, 0.25) is 0 Å². The van der Waals surface area contributed by atoms with Crippen LogP contribution in [0.4, 0.5) is 10.5 Å². The fraction of sp³-hybridized carbons (Fsp3) is 0.500. The van der Waals surface area contributed by atoms with Crippen molar-refractivity contribution in [1.29, 1.82) is 0 Å². The molecule has 1 aliphatic carbocycles. The van der Waals surface area contributed by atoms with E-state index in [1.54, 1.807) is 6.07 Å². The summed E-state index contributed by atoms with van der Waals surface area (Å²) in [5.74, 6) is -0.930. The summed E-state index contributed by atoms with van der Waals surface area (Å²) < 4.78 is 0. The number of carbonyl (C=O) groups excluding carboxylic acids is 1. The van der Waals surface area contributed by atoms with Crippen LogP contribution in [0.25, 0.3) is 0 Å². The molecule has 3 N–H and O–H groups in total. The molecule has 1 aromatic rings. The Morgan fingerprint density at radius 1 is 1.19 bits per heavy atom. The van der Waals surface area contributed by atoms with Crippen molar-refractivity contribution < 1.29 is 14.7 Å². The lowest BCUT2D eigenvalue weighted by atomic mass is 9.84. The first-order valence-corrected chi connectivity index (χ1v) is 7.44. The van der Waals surface area contributed by atoms with E-state index in [4.69, 9.17) is 0 Å². The molecule has 0 saturated heterocycles. The number of urea groups is 1. The second kappa shape index (κ2) is 7.11. The van der Waals surface area contributed by atoms with Gasteiger partial charge in [-0.05, 0) is 37.3 Å². The first kappa shape index (κ1) is 15.4. The number of aliphatic carboxylic acids is 1. The van der Waals surface area contributed by atoms with Gasteiger partial charge in [0.25, 0.3) is 0 Å². The minimum Gasteiger partial charge on any atom is -0.480 e. The number of anilines is 1. The van der Waals surface area contributed by atoms with Crippen LogP contribution in [-0.4, -0.2) is 23.1 Å². The number of amides is 2. The number of nitrogens with one attached hydrogen (secondary N) is 2. The third kappa shape index (κ3) is 4.21. The number of carboxylic acid groups (broad SMARTS) is 1. The lowest BCUT2D eigenvalue weighted by Gasteiger charge is -2.28. The third-order valence-corrected chi connectivity index (χ3v) is 4.07. The summed E-state index contributed by atoms with van der Waals surface area (Å²) in [5, 5.41) is 14.7. The number of aryl methyl sites for hydroxylation is 1. The highest BCUT2D eigenvalue weighted by molar-refractivity contribution is 5.92. The molecule has 5 nitrogen and oxygen atoms in total. The van der Waals surface area contributed by atoms with E-state index >= 15 is 0 Å². The van der Waals surface area contributed by atoms with Crippen LogP contribution in [-0.2, 0) is 4.79 Å². The van der Waals surface area contributed by atoms with Crippen LogP contribution < -0.4 is 10.6 Å². The van der Waals surface area contributed by atoms with Crippen molar-refractivity contribution in [3.05, 3.63) is 29.8 Å². The van der Waals surface area contributed by atoms with Gasteiger partial charge < -0.3 is 15.7 Å². The fourth-order valence-electron chi connectivity index (χ4n) is 2.86. The minimum absolute atomic E-state index is 0.0267. The Kier molecular flexibility index (Phi) is 5.20. The van der Waals surface area contributed by atoms with Gasteiger partial charge in [0.15, 0.2) is 0 Å². The molecule has 0 bridgehead atoms. The van der Waals surface area contributed by atoms with Crippen LogP contribution in [0.15, 0.2) is 24.3 Å². The summed E-state index contributed by atoms with van der Waals surface area (Å²) in [6, 6.07) is 6.15. The molecule has 2 rings (SSSR count). The zero-order valence-corrected chi connectivity index (χ0v) is 12.3. The Hall–Kier alpha value is -2.04. The van der Waals surface area contributed by atoms with Crippen molar-refractivity contribution in [2.24, 2.45) is 5.92 Å². The van der Waals surface area contributed by atoms with Gasteiger partial charge in [-0.15, -0.1) is 0 Å². The van der Waals surface area contributed by atoms with Crippen LogP contribution in [0.3, 0.4) is 0 Å². The minimum atomic E-state index is -0.957. The molecule has 0 heterocycles. The highest BCUT2D eigenvalue weighted by atomic mass is 16.4. The monoisotopic (exact) mass is 290 g/mol. The zero-order valence-electron chi connectivity index (χ0n) is 12.3. The van der Waals surface area contributed by atoms with E-state index in [0.29, 0.717) is 5.69 Å². The number of rotatable bonds is 4. The van der Waals surface area contributed by atoms with Gasteiger partial charge in [-0.25, -0.2) is 9.59 Å². The molecule has 0 aliphatic heterocycles. The lowest BCUT2D eigenvalue weighted by molar-refractivity contribution is -0.141. The molecule has 1 aliphatic rings. The molecule has 0 radical (unpaired) electrons. The summed E-state index contributed by atoms with van der Waals surface area (Å²) in [4.78, 5) is 23.4. The molecular weight excluding hydrogens is 268 g/mol. The van der Waals surface area contributed by atoms with Crippen molar-refractivity contribution in [1.82, 2.24) is 5.32 Å². The molecule has 21 heavy (non-hydrogen) atoms. The Morgan fingerprint density at radius 2 is 1.86 bits per heavy atom. The standard InChI is InChI=1S/C16H22N2O3/c1-11-7-5-6-10-13(11)17-16(21)18-14(15(19)20)12-8-3-2-4-9-12/h5-7,10,12,14H,2-4,8-9H2,1H3,(H,19,20)(H2,17,18,21). The summed E-state index contributed by atoms with van der Waals surface area (Å²) in [7, 11) is 0. The van der Waals surface area contributed by atoms with Crippen LogP contribution in [0, 0.1) is 12.8 Å². The van der Waals surface area contributed by atoms with Crippen molar-refractivity contribution in [3.63, 3.8) is 0 Å². The van der Waals surface area contributed by atoms with Crippen molar-refractivity contribution in [2.45, 2.75) is 45.1 Å². The second-order valence-electron chi connectivity index (χ2n) is 5.63. The van der Waals surface area contributed by atoms with Crippen molar-refractivity contribution in [2.75, 3.05) is 5.32 Å². The molecule has 1 aromatic carbocycles. The van der Waals surface area contributed by atoms with Gasteiger partial charge in [-0.1, -0.05) is 37.5 Å². The molecule has 0 aromatic heterocycles. The summed E-state index contributed by atoms with van der Waals surface area (Å²) in [6.45, 7) is 1.89. The molecule has 1 atom stereocenters. The van der Waals surface area contributed by atoms with Gasteiger partial charge in [0.05, 0.1) is 0 Å². The maximum Gasteiger partial charge on any atom is 0.326 e. The third-order valence-electron chi connectivity index (χ3n) is 4.07. The zero-order chi connectivity index (χ0) is 15.2. The molecule has 114 valence electrons. The van der Waals surface area contributed by atoms with Gasteiger partial charge in [-0.2, -0.15) is 0 Å². The number of carboxylic acids is 1. The van der Waals surface area contributed by atoms with E-state index in [1.165, 1.54) is 0 Å². The Labute approximate surface area is 124 Å². The summed E-state index contributed by atoms with van der Waals surface area (Å²) >= 11 is 0. The van der Waals surface area contributed by atoms with E-state index in [0.717, 1.165) is 37.7 Å². The van der Waals surface area contributed by atoms with Crippen LogP contribution in [0.1, 0.15) is 37.7 Å². The van der Waals surface area contributed by atoms with Gasteiger partial charge in [0.1, 0.15) is 6.04 Å². The molecule has 1 fully saturated rings. The second-order valence-corrected chi connectivity index (χ2v) is 5.63. The Morgan fingerprint density at radius 3 is 2.48 bits per heavy atom. The average molecular weight is 290 g/mol. The van der Waals surface area contributed by atoms with Gasteiger partial charge in [0, 0.05) is 5.69 Å². The Balaban J connectivity index is 1.98. The van der Waals surface area contributed by atoms with Crippen molar-refractivity contribution >= 4 is 17.7 Å². The van der Waals surface area contributed by atoms with E-state index in [2.05, 4.69) is 10.6 Å². The summed E-state index contributed by atoms with van der Waals surface area (Å²) in [6.07, 6.45) is 4.95. The van der Waals surface area contributed by atoms with Crippen LogP contribution >= 0.6 is 0 Å². The summed E-state index contributed by atoms with van der Waals surface area (Å²) in [5.41, 5.74) is 1.64. The molecule has 0 spiro atoms. The maximum atomic E-state index is 12.0. The van der Waals surface area contributed by atoms with E-state index in [9.17, 15) is 14.7 Å². The van der Waals surface area contributed by atoms with E-state index in [1.807, 2.05) is 25.1 Å². The van der Waals surface area contributed by atoms with E-state index in [-0.39, 0.29) is 5.92 Å². The number of hydrogen-bond acceptors (Lipinski definition) is 2. The maximum absolute atomic E-state index is 12.0. The molecule has 1 unspecified atom stereocenters.